The van der Waals surface area contributed by atoms with Gasteiger partial charge in [-0.05, 0) is 25.3 Å². The fourth-order valence-corrected chi connectivity index (χ4v) is 2.27. The highest BCUT2D eigenvalue weighted by Crippen LogP contribution is 2.33. The molecule has 0 aliphatic carbocycles. The van der Waals surface area contributed by atoms with Crippen molar-refractivity contribution in [1.82, 2.24) is 0 Å². The molecular formula is C14H19NO. The minimum Gasteiger partial charge on any atom is -0.388 e. The Kier molecular flexibility index (Phi) is 3.62. The molecule has 1 atom stereocenters. The van der Waals surface area contributed by atoms with Gasteiger partial charge in [0.2, 0.25) is 0 Å². The summed E-state index contributed by atoms with van der Waals surface area (Å²) in [5.41, 5.74) is 2.28. The molecule has 2 rings (SSSR count). The number of aliphatic hydroxyl groups is 1. The highest BCUT2D eigenvalue weighted by Gasteiger charge is 2.22. The van der Waals surface area contributed by atoms with Gasteiger partial charge in [-0.15, -0.1) is 6.58 Å². The van der Waals surface area contributed by atoms with Crippen LogP contribution in [0.5, 0.6) is 0 Å². The fraction of sp³-hybridized carbons (Fsp3) is 0.429. The van der Waals surface area contributed by atoms with E-state index in [1.807, 2.05) is 24.3 Å². The van der Waals surface area contributed by atoms with Crippen LogP contribution in [0, 0.1) is 0 Å². The molecule has 0 aromatic heterocycles. The molecule has 1 aromatic rings. The van der Waals surface area contributed by atoms with Crippen molar-refractivity contribution in [2.24, 2.45) is 0 Å². The summed E-state index contributed by atoms with van der Waals surface area (Å²) in [5, 5.41) is 9.91. The summed E-state index contributed by atoms with van der Waals surface area (Å²) in [4.78, 5) is 2.37. The molecule has 1 aliphatic rings. The predicted molar refractivity (Wildman–Crippen MR) is 67.7 cm³/mol. The fourth-order valence-electron chi connectivity index (χ4n) is 2.27. The molecule has 0 fully saturated rings. The van der Waals surface area contributed by atoms with Crippen LogP contribution in [-0.2, 0) is 0 Å². The van der Waals surface area contributed by atoms with Gasteiger partial charge in [0.25, 0.3) is 0 Å². The Morgan fingerprint density at radius 1 is 1.44 bits per heavy atom. The van der Waals surface area contributed by atoms with Crippen LogP contribution in [-0.4, -0.2) is 18.2 Å². The van der Waals surface area contributed by atoms with Crippen LogP contribution in [0.3, 0.4) is 0 Å². The van der Waals surface area contributed by atoms with Crippen molar-refractivity contribution in [3.63, 3.8) is 0 Å². The predicted octanol–water partition coefficient (Wildman–Crippen LogP) is 2.90. The van der Waals surface area contributed by atoms with Crippen LogP contribution in [0.15, 0.2) is 36.9 Å². The minimum absolute atomic E-state index is 0.285. The van der Waals surface area contributed by atoms with E-state index in [4.69, 9.17) is 0 Å². The SMILES string of the molecule is C=CCCCN1CCC(O)c2ccccc21. The Morgan fingerprint density at radius 3 is 3.06 bits per heavy atom. The van der Waals surface area contributed by atoms with E-state index in [0.29, 0.717) is 0 Å². The van der Waals surface area contributed by atoms with Crippen molar-refractivity contribution in [3.05, 3.63) is 42.5 Å². The third kappa shape index (κ3) is 2.27. The maximum atomic E-state index is 9.91. The summed E-state index contributed by atoms with van der Waals surface area (Å²) in [7, 11) is 0. The standard InChI is InChI=1S/C14H19NO/c1-2-3-6-10-15-11-9-14(16)12-7-4-5-8-13(12)15/h2,4-5,7-8,14,16H,1,3,6,9-11H2. The molecule has 1 heterocycles. The normalized spacial score (nSPS) is 19.3. The summed E-state index contributed by atoms with van der Waals surface area (Å²) in [6.07, 6.45) is 4.71. The van der Waals surface area contributed by atoms with Crippen LogP contribution in [0.25, 0.3) is 0 Å². The molecule has 0 saturated carbocycles. The lowest BCUT2D eigenvalue weighted by Gasteiger charge is -2.33. The molecular weight excluding hydrogens is 198 g/mol. The number of hydrogen-bond donors (Lipinski definition) is 1. The summed E-state index contributed by atoms with van der Waals surface area (Å²) in [6.45, 7) is 5.75. The molecule has 2 heteroatoms. The monoisotopic (exact) mass is 217 g/mol. The molecule has 1 N–H and O–H groups in total. The topological polar surface area (TPSA) is 23.5 Å². The minimum atomic E-state index is -0.285. The number of nitrogens with zero attached hydrogens (tertiary/aromatic N) is 1. The van der Waals surface area contributed by atoms with E-state index in [0.717, 1.165) is 37.9 Å². The smallest absolute Gasteiger partial charge is 0.0826 e. The zero-order chi connectivity index (χ0) is 11.4. The lowest BCUT2D eigenvalue weighted by molar-refractivity contribution is 0.164. The van der Waals surface area contributed by atoms with Gasteiger partial charge >= 0.3 is 0 Å². The molecule has 0 bridgehead atoms. The Bertz CT molecular complexity index is 362. The second-order valence-electron chi connectivity index (χ2n) is 4.28. The number of para-hydroxylation sites is 1. The quantitative estimate of drug-likeness (QED) is 0.619. The van der Waals surface area contributed by atoms with Crippen LogP contribution >= 0.6 is 0 Å². The number of allylic oxidation sites excluding steroid dienone is 1. The van der Waals surface area contributed by atoms with E-state index in [2.05, 4.69) is 17.5 Å². The summed E-state index contributed by atoms with van der Waals surface area (Å²) >= 11 is 0. The highest BCUT2D eigenvalue weighted by molar-refractivity contribution is 5.56. The number of hydrogen-bond acceptors (Lipinski definition) is 2. The van der Waals surface area contributed by atoms with E-state index in [1.54, 1.807) is 0 Å². The van der Waals surface area contributed by atoms with Crippen molar-refractivity contribution in [3.8, 4) is 0 Å². The molecule has 0 spiro atoms. The molecule has 0 saturated heterocycles. The van der Waals surface area contributed by atoms with Crippen molar-refractivity contribution in [2.45, 2.75) is 25.4 Å². The Hall–Kier alpha value is -1.28. The second-order valence-corrected chi connectivity index (χ2v) is 4.28. The first-order valence-corrected chi connectivity index (χ1v) is 5.96. The number of anilines is 1. The summed E-state index contributed by atoms with van der Waals surface area (Å²) < 4.78 is 0. The molecule has 86 valence electrons. The largest absolute Gasteiger partial charge is 0.388 e. The van der Waals surface area contributed by atoms with Gasteiger partial charge in [-0.3, -0.25) is 0 Å². The van der Waals surface area contributed by atoms with E-state index in [-0.39, 0.29) is 6.10 Å². The van der Waals surface area contributed by atoms with Crippen LogP contribution < -0.4 is 4.90 Å². The Balaban J connectivity index is 2.11. The summed E-state index contributed by atoms with van der Waals surface area (Å²) in [5.74, 6) is 0. The van der Waals surface area contributed by atoms with Gasteiger partial charge in [0.05, 0.1) is 6.10 Å². The maximum absolute atomic E-state index is 9.91. The van der Waals surface area contributed by atoms with E-state index < -0.39 is 0 Å². The molecule has 0 radical (unpaired) electrons. The molecule has 0 amide bonds. The number of benzene rings is 1. The maximum Gasteiger partial charge on any atom is 0.0826 e. The number of rotatable bonds is 4. The van der Waals surface area contributed by atoms with Crippen molar-refractivity contribution >= 4 is 5.69 Å². The third-order valence-electron chi connectivity index (χ3n) is 3.15. The molecule has 1 aromatic carbocycles. The number of aliphatic hydroxyl groups excluding tert-OH is 1. The Labute approximate surface area is 97.2 Å². The zero-order valence-electron chi connectivity index (χ0n) is 9.60. The van der Waals surface area contributed by atoms with Gasteiger partial charge in [-0.1, -0.05) is 24.3 Å². The van der Waals surface area contributed by atoms with Crippen molar-refractivity contribution < 1.29 is 5.11 Å². The van der Waals surface area contributed by atoms with E-state index >= 15 is 0 Å². The first-order chi connectivity index (χ1) is 7.83. The summed E-state index contributed by atoms with van der Waals surface area (Å²) in [6, 6.07) is 8.16. The van der Waals surface area contributed by atoms with Gasteiger partial charge in [-0.25, -0.2) is 0 Å². The Morgan fingerprint density at radius 2 is 2.25 bits per heavy atom. The van der Waals surface area contributed by atoms with Crippen LogP contribution in [0.2, 0.25) is 0 Å². The molecule has 2 nitrogen and oxygen atoms in total. The number of unbranched alkanes of at least 4 members (excludes halogenated alkanes) is 1. The average molecular weight is 217 g/mol. The van der Waals surface area contributed by atoms with Crippen molar-refractivity contribution in [2.75, 3.05) is 18.0 Å². The lowest BCUT2D eigenvalue weighted by atomic mass is 9.98. The first-order valence-electron chi connectivity index (χ1n) is 5.96. The van der Waals surface area contributed by atoms with Gasteiger partial charge < -0.3 is 10.0 Å². The van der Waals surface area contributed by atoms with Crippen LogP contribution in [0.4, 0.5) is 5.69 Å². The van der Waals surface area contributed by atoms with E-state index in [9.17, 15) is 5.11 Å². The van der Waals surface area contributed by atoms with E-state index in [1.165, 1.54) is 5.69 Å². The third-order valence-corrected chi connectivity index (χ3v) is 3.15. The number of fused-ring (bicyclic) bond motifs is 1. The van der Waals surface area contributed by atoms with Gasteiger partial charge in [0.1, 0.15) is 0 Å². The van der Waals surface area contributed by atoms with Crippen LogP contribution in [0.1, 0.15) is 30.9 Å². The van der Waals surface area contributed by atoms with Gasteiger partial charge in [-0.2, -0.15) is 0 Å². The molecule has 16 heavy (non-hydrogen) atoms. The molecule has 1 aliphatic heterocycles. The molecule has 1 unspecified atom stereocenters. The second kappa shape index (κ2) is 5.17. The van der Waals surface area contributed by atoms with Crippen molar-refractivity contribution in [1.29, 1.82) is 0 Å². The first kappa shape index (κ1) is 11.2. The zero-order valence-corrected chi connectivity index (χ0v) is 9.60. The average Bonchev–Trinajstić information content (AvgIpc) is 2.33. The lowest BCUT2D eigenvalue weighted by Crippen LogP contribution is -2.31. The highest BCUT2D eigenvalue weighted by atomic mass is 16.3. The van der Waals surface area contributed by atoms with Gasteiger partial charge in [0.15, 0.2) is 0 Å². The van der Waals surface area contributed by atoms with Gasteiger partial charge in [0, 0.05) is 24.3 Å².